The first-order chi connectivity index (χ1) is 12.4. The van der Waals surface area contributed by atoms with Crippen molar-refractivity contribution in [2.45, 2.75) is 26.9 Å². The predicted octanol–water partition coefficient (Wildman–Crippen LogP) is 2.45. The van der Waals surface area contributed by atoms with Crippen LogP contribution in [0.4, 0.5) is 5.69 Å². The Morgan fingerprint density at radius 2 is 1.73 bits per heavy atom. The summed E-state index contributed by atoms with van der Waals surface area (Å²) in [4.78, 5) is 9.18. The fourth-order valence-corrected chi connectivity index (χ4v) is 3.23. The number of benzene rings is 1. The van der Waals surface area contributed by atoms with E-state index in [0.717, 1.165) is 44.4 Å². The number of hydrogen-bond acceptors (Lipinski definition) is 4. The first-order valence-corrected chi connectivity index (χ1v) is 9.26. The lowest BCUT2D eigenvalue weighted by Gasteiger charge is -2.38. The monoisotopic (exact) mass is 362 g/mol. The first-order valence-electron chi connectivity index (χ1n) is 9.26. The van der Waals surface area contributed by atoms with Gasteiger partial charge in [0.2, 0.25) is 0 Å². The molecule has 1 heterocycles. The van der Waals surface area contributed by atoms with Gasteiger partial charge in [0.25, 0.3) is 0 Å². The minimum atomic E-state index is 0.0909. The highest BCUT2D eigenvalue weighted by Crippen LogP contribution is 2.22. The Hall–Kier alpha value is -1.95. The van der Waals surface area contributed by atoms with E-state index in [-0.39, 0.29) is 11.5 Å². The number of ether oxygens (including phenoxy) is 2. The quantitative estimate of drug-likeness (QED) is 0.644. The number of aliphatic imine (C=N–C) groups is 1. The van der Waals surface area contributed by atoms with Gasteiger partial charge in [0.05, 0.1) is 13.2 Å². The van der Waals surface area contributed by atoms with Crippen LogP contribution >= 0.6 is 0 Å². The molecular formula is C20H34N4O2. The van der Waals surface area contributed by atoms with Crippen LogP contribution in [0.15, 0.2) is 29.3 Å². The van der Waals surface area contributed by atoms with Crippen molar-refractivity contribution in [1.82, 2.24) is 10.2 Å². The second-order valence-electron chi connectivity index (χ2n) is 7.69. The summed E-state index contributed by atoms with van der Waals surface area (Å²) in [5, 5.41) is 3.48. The number of anilines is 1. The van der Waals surface area contributed by atoms with E-state index in [4.69, 9.17) is 9.47 Å². The molecule has 1 fully saturated rings. The number of hydrogen-bond donors (Lipinski definition) is 1. The fraction of sp³-hybridized carbons (Fsp3) is 0.650. The zero-order valence-corrected chi connectivity index (χ0v) is 17.1. The van der Waals surface area contributed by atoms with Gasteiger partial charge in [-0.3, -0.25) is 4.99 Å². The van der Waals surface area contributed by atoms with E-state index in [1.165, 1.54) is 5.69 Å². The molecule has 1 aromatic rings. The van der Waals surface area contributed by atoms with Crippen LogP contribution in [0.5, 0.6) is 5.75 Å². The number of piperazine rings is 1. The van der Waals surface area contributed by atoms with E-state index in [1.54, 1.807) is 14.2 Å². The largest absolute Gasteiger partial charge is 0.497 e. The van der Waals surface area contributed by atoms with E-state index in [0.29, 0.717) is 0 Å². The molecule has 6 heteroatoms. The number of nitrogens with zero attached hydrogens (tertiary/aromatic N) is 3. The van der Waals surface area contributed by atoms with Crippen molar-refractivity contribution in [3.63, 3.8) is 0 Å². The van der Waals surface area contributed by atoms with Crippen molar-refractivity contribution in [1.29, 1.82) is 0 Å². The molecule has 0 amide bonds. The van der Waals surface area contributed by atoms with Crippen LogP contribution < -0.4 is 15.0 Å². The molecular weight excluding hydrogens is 328 g/mol. The smallest absolute Gasteiger partial charge is 0.193 e. The highest BCUT2D eigenvalue weighted by atomic mass is 16.5. The molecule has 1 aliphatic rings. The van der Waals surface area contributed by atoms with Gasteiger partial charge in [-0.1, -0.05) is 20.8 Å². The third-order valence-electron chi connectivity index (χ3n) is 4.92. The van der Waals surface area contributed by atoms with Crippen LogP contribution in [0.3, 0.4) is 0 Å². The molecule has 0 radical (unpaired) electrons. The van der Waals surface area contributed by atoms with Gasteiger partial charge in [0.1, 0.15) is 5.75 Å². The summed E-state index contributed by atoms with van der Waals surface area (Å²) in [5.74, 6) is 1.84. The van der Waals surface area contributed by atoms with E-state index in [9.17, 15) is 0 Å². The summed E-state index contributed by atoms with van der Waals surface area (Å²) < 4.78 is 10.9. The Labute approximate surface area is 158 Å². The summed E-state index contributed by atoms with van der Waals surface area (Å²) in [5.41, 5.74) is 1.33. The SMILES string of the molecule is CN=C(NCC(OC)C(C)(C)C)N1CCN(c2ccc(OC)cc2)CC1. The molecule has 146 valence electrons. The van der Waals surface area contributed by atoms with Crippen LogP contribution in [-0.4, -0.2) is 71.0 Å². The summed E-state index contributed by atoms with van der Waals surface area (Å²) >= 11 is 0. The number of methoxy groups -OCH3 is 2. The molecule has 0 aliphatic carbocycles. The molecule has 0 spiro atoms. The molecule has 1 unspecified atom stereocenters. The summed E-state index contributed by atoms with van der Waals surface area (Å²) in [6.07, 6.45) is 0.139. The molecule has 0 saturated carbocycles. The van der Waals surface area contributed by atoms with E-state index >= 15 is 0 Å². The molecule has 1 aromatic carbocycles. The lowest BCUT2D eigenvalue weighted by molar-refractivity contribution is 0.0201. The second kappa shape index (κ2) is 9.12. The Kier molecular flexibility index (Phi) is 7.14. The normalized spacial score (nSPS) is 17.2. The lowest BCUT2D eigenvalue weighted by Crippen LogP contribution is -2.54. The van der Waals surface area contributed by atoms with Crippen LogP contribution in [0.1, 0.15) is 20.8 Å². The zero-order chi connectivity index (χ0) is 19.2. The maximum Gasteiger partial charge on any atom is 0.193 e. The van der Waals surface area contributed by atoms with Gasteiger partial charge >= 0.3 is 0 Å². The van der Waals surface area contributed by atoms with Crippen molar-refractivity contribution in [3.8, 4) is 5.75 Å². The Morgan fingerprint density at radius 1 is 1.12 bits per heavy atom. The van der Waals surface area contributed by atoms with Crippen molar-refractivity contribution in [3.05, 3.63) is 24.3 Å². The maximum absolute atomic E-state index is 5.64. The number of nitrogens with one attached hydrogen (secondary N) is 1. The molecule has 1 N–H and O–H groups in total. The highest BCUT2D eigenvalue weighted by molar-refractivity contribution is 5.80. The number of rotatable bonds is 5. The van der Waals surface area contributed by atoms with Crippen molar-refractivity contribution in [2.75, 3.05) is 58.9 Å². The van der Waals surface area contributed by atoms with Crippen molar-refractivity contribution in [2.24, 2.45) is 10.4 Å². The molecule has 1 saturated heterocycles. The van der Waals surface area contributed by atoms with Gasteiger partial charge in [-0.25, -0.2) is 0 Å². The van der Waals surface area contributed by atoms with Crippen LogP contribution in [0, 0.1) is 5.41 Å². The molecule has 0 aromatic heterocycles. The average molecular weight is 363 g/mol. The topological polar surface area (TPSA) is 49.3 Å². The van der Waals surface area contributed by atoms with Gasteiger partial charge < -0.3 is 24.6 Å². The van der Waals surface area contributed by atoms with Crippen LogP contribution in [0.2, 0.25) is 0 Å². The van der Waals surface area contributed by atoms with Crippen LogP contribution in [0.25, 0.3) is 0 Å². The maximum atomic E-state index is 5.64. The summed E-state index contributed by atoms with van der Waals surface area (Å²) in [7, 11) is 5.31. The molecule has 26 heavy (non-hydrogen) atoms. The van der Waals surface area contributed by atoms with Gasteiger partial charge in [0, 0.05) is 52.6 Å². The zero-order valence-electron chi connectivity index (χ0n) is 17.1. The third-order valence-corrected chi connectivity index (χ3v) is 4.92. The van der Waals surface area contributed by atoms with E-state index in [1.807, 2.05) is 19.2 Å². The van der Waals surface area contributed by atoms with E-state index < -0.39 is 0 Å². The predicted molar refractivity (Wildman–Crippen MR) is 108 cm³/mol. The molecule has 0 bridgehead atoms. The second-order valence-corrected chi connectivity index (χ2v) is 7.69. The molecule has 6 nitrogen and oxygen atoms in total. The minimum Gasteiger partial charge on any atom is -0.497 e. The third kappa shape index (κ3) is 5.27. The van der Waals surface area contributed by atoms with Crippen molar-refractivity contribution >= 4 is 11.6 Å². The number of guanidine groups is 1. The van der Waals surface area contributed by atoms with Crippen LogP contribution in [-0.2, 0) is 4.74 Å². The highest BCUT2D eigenvalue weighted by Gasteiger charge is 2.26. The summed E-state index contributed by atoms with van der Waals surface area (Å²) in [6.45, 7) is 11.2. The first kappa shape index (κ1) is 20.4. The Morgan fingerprint density at radius 3 is 2.19 bits per heavy atom. The lowest BCUT2D eigenvalue weighted by atomic mass is 9.89. The Bertz CT molecular complexity index is 572. The fourth-order valence-electron chi connectivity index (χ4n) is 3.23. The standard InChI is InChI=1S/C20H34N4O2/c1-20(2,3)18(26-6)15-22-19(21-4)24-13-11-23(12-14-24)16-7-9-17(25-5)10-8-16/h7-10,18H,11-15H2,1-6H3,(H,21,22). The average Bonchev–Trinajstić information content (AvgIpc) is 2.65. The molecule has 1 atom stereocenters. The minimum absolute atomic E-state index is 0.0909. The van der Waals surface area contributed by atoms with Crippen molar-refractivity contribution < 1.29 is 9.47 Å². The summed E-state index contributed by atoms with van der Waals surface area (Å²) in [6, 6.07) is 8.27. The van der Waals surface area contributed by atoms with E-state index in [2.05, 4.69) is 53.0 Å². The van der Waals surface area contributed by atoms with Gasteiger partial charge in [-0.2, -0.15) is 0 Å². The van der Waals surface area contributed by atoms with Gasteiger partial charge in [-0.05, 0) is 29.7 Å². The Balaban J connectivity index is 1.88. The van der Waals surface area contributed by atoms with Gasteiger partial charge in [-0.15, -0.1) is 0 Å². The van der Waals surface area contributed by atoms with Gasteiger partial charge in [0.15, 0.2) is 5.96 Å². The molecule has 2 rings (SSSR count). The molecule has 1 aliphatic heterocycles.